The molecule has 1 atom stereocenters. The summed E-state index contributed by atoms with van der Waals surface area (Å²) in [5.74, 6) is 0. The first kappa shape index (κ1) is 10.7. The molecule has 0 saturated heterocycles. The van der Waals surface area contributed by atoms with Gasteiger partial charge in [0.1, 0.15) is 0 Å². The average molecular weight is 245 g/mol. The number of aliphatic hydroxyl groups is 1. The van der Waals surface area contributed by atoms with Crippen molar-refractivity contribution in [3.63, 3.8) is 0 Å². The van der Waals surface area contributed by atoms with Crippen LogP contribution in [-0.4, -0.2) is 11.7 Å². The minimum Gasteiger partial charge on any atom is -0.392 e. The summed E-state index contributed by atoms with van der Waals surface area (Å²) in [6, 6.07) is 5.40. The van der Waals surface area contributed by atoms with E-state index >= 15 is 0 Å². The summed E-state index contributed by atoms with van der Waals surface area (Å²) in [5, 5.41) is 9.04. The molecule has 72 valence electrons. The van der Waals surface area contributed by atoms with Gasteiger partial charge in [-0.3, -0.25) is 0 Å². The molecule has 1 rings (SSSR count). The first-order valence-corrected chi connectivity index (χ1v) is 4.83. The Morgan fingerprint density at radius 1 is 1.46 bits per heavy atom. The molecule has 0 saturated carbocycles. The van der Waals surface area contributed by atoms with E-state index in [1.165, 1.54) is 0 Å². The Balaban J connectivity index is 3.07. The Morgan fingerprint density at radius 2 is 2.15 bits per heavy atom. The van der Waals surface area contributed by atoms with Gasteiger partial charge >= 0.3 is 0 Å². The molecular weight excluding hydrogens is 232 g/mol. The van der Waals surface area contributed by atoms with Crippen LogP contribution in [0.4, 0.5) is 0 Å². The normalized spacial score (nSPS) is 12.9. The zero-order valence-electron chi connectivity index (χ0n) is 7.20. The average Bonchev–Trinajstić information content (AvgIpc) is 2.16. The molecule has 0 aliphatic rings. The van der Waals surface area contributed by atoms with Crippen LogP contribution in [0, 0.1) is 0 Å². The van der Waals surface area contributed by atoms with Gasteiger partial charge < -0.3 is 16.6 Å². The van der Waals surface area contributed by atoms with Gasteiger partial charge in [-0.15, -0.1) is 0 Å². The van der Waals surface area contributed by atoms with E-state index in [1.807, 2.05) is 18.2 Å². The van der Waals surface area contributed by atoms with E-state index in [0.29, 0.717) is 6.54 Å². The summed E-state index contributed by atoms with van der Waals surface area (Å²) in [4.78, 5) is 0. The molecule has 0 fully saturated rings. The third-order valence-corrected chi connectivity index (χ3v) is 2.42. The molecule has 0 unspecified atom stereocenters. The van der Waals surface area contributed by atoms with Gasteiger partial charge in [-0.05, 0) is 23.3 Å². The summed E-state index contributed by atoms with van der Waals surface area (Å²) >= 11 is 3.34. The van der Waals surface area contributed by atoms with Crippen LogP contribution in [0.2, 0.25) is 0 Å². The number of nitrogens with two attached hydrogens (primary N) is 2. The number of benzene rings is 1. The first-order valence-electron chi connectivity index (χ1n) is 4.04. The van der Waals surface area contributed by atoms with E-state index < -0.39 is 0 Å². The van der Waals surface area contributed by atoms with E-state index in [-0.39, 0.29) is 12.6 Å². The molecule has 1 aromatic rings. The van der Waals surface area contributed by atoms with Crippen LogP contribution in [0.3, 0.4) is 0 Å². The van der Waals surface area contributed by atoms with Crippen molar-refractivity contribution < 1.29 is 5.11 Å². The minimum atomic E-state index is -0.209. The standard InChI is InChI=1S/C9H13BrN2O/c10-7-2-1-6(5-13)8(3-7)9(12)4-11/h1-3,9,13H,4-5,11-12H2/t9-/m0/s1. The molecule has 4 heteroatoms. The second-order valence-corrected chi connectivity index (χ2v) is 3.76. The molecule has 0 aromatic heterocycles. The van der Waals surface area contributed by atoms with Crippen LogP contribution in [0.25, 0.3) is 0 Å². The molecule has 0 spiro atoms. The quantitative estimate of drug-likeness (QED) is 0.740. The Morgan fingerprint density at radius 3 is 2.69 bits per heavy atom. The Hall–Kier alpha value is -0.420. The Labute approximate surface area is 85.9 Å². The highest BCUT2D eigenvalue weighted by Crippen LogP contribution is 2.20. The second kappa shape index (κ2) is 4.72. The summed E-state index contributed by atoms with van der Waals surface area (Å²) in [7, 11) is 0. The summed E-state index contributed by atoms with van der Waals surface area (Å²) in [5.41, 5.74) is 13.0. The number of aliphatic hydroxyl groups excluding tert-OH is 1. The Kier molecular flexibility index (Phi) is 3.87. The van der Waals surface area contributed by atoms with Crippen molar-refractivity contribution in [3.8, 4) is 0 Å². The highest BCUT2D eigenvalue weighted by atomic mass is 79.9. The molecule has 0 aliphatic heterocycles. The largest absolute Gasteiger partial charge is 0.392 e. The van der Waals surface area contributed by atoms with Crippen molar-refractivity contribution in [3.05, 3.63) is 33.8 Å². The molecule has 0 amide bonds. The van der Waals surface area contributed by atoms with Crippen molar-refractivity contribution in [2.75, 3.05) is 6.54 Å². The first-order chi connectivity index (χ1) is 6.19. The fourth-order valence-corrected chi connectivity index (χ4v) is 1.56. The lowest BCUT2D eigenvalue weighted by Gasteiger charge is -2.13. The van der Waals surface area contributed by atoms with Crippen molar-refractivity contribution >= 4 is 15.9 Å². The third-order valence-electron chi connectivity index (χ3n) is 1.93. The molecule has 5 N–H and O–H groups in total. The molecule has 0 radical (unpaired) electrons. The zero-order chi connectivity index (χ0) is 9.84. The topological polar surface area (TPSA) is 72.3 Å². The van der Waals surface area contributed by atoms with Crippen LogP contribution in [0.15, 0.2) is 22.7 Å². The lowest BCUT2D eigenvalue weighted by atomic mass is 10.0. The lowest BCUT2D eigenvalue weighted by Crippen LogP contribution is -2.22. The summed E-state index contributed by atoms with van der Waals surface area (Å²) in [6.45, 7) is 0.375. The van der Waals surface area contributed by atoms with Gasteiger partial charge in [0.25, 0.3) is 0 Å². The van der Waals surface area contributed by atoms with E-state index in [4.69, 9.17) is 16.6 Å². The molecule has 0 heterocycles. The van der Waals surface area contributed by atoms with Gasteiger partial charge in [-0.25, -0.2) is 0 Å². The summed E-state index contributed by atoms with van der Waals surface area (Å²) in [6.07, 6.45) is 0. The van der Waals surface area contributed by atoms with Crippen LogP contribution in [0.5, 0.6) is 0 Å². The van der Waals surface area contributed by atoms with E-state index in [2.05, 4.69) is 15.9 Å². The fourth-order valence-electron chi connectivity index (χ4n) is 1.18. The van der Waals surface area contributed by atoms with Crippen molar-refractivity contribution in [1.82, 2.24) is 0 Å². The van der Waals surface area contributed by atoms with Crippen molar-refractivity contribution in [1.29, 1.82) is 0 Å². The number of rotatable bonds is 3. The molecular formula is C9H13BrN2O. The van der Waals surface area contributed by atoms with Gasteiger partial charge in [0.2, 0.25) is 0 Å². The lowest BCUT2D eigenvalue weighted by molar-refractivity contribution is 0.280. The molecule has 1 aromatic carbocycles. The number of halogens is 1. The van der Waals surface area contributed by atoms with Gasteiger partial charge in [-0.1, -0.05) is 22.0 Å². The van der Waals surface area contributed by atoms with Gasteiger partial charge in [0.15, 0.2) is 0 Å². The number of hydrogen-bond donors (Lipinski definition) is 3. The van der Waals surface area contributed by atoms with Crippen LogP contribution >= 0.6 is 15.9 Å². The maximum absolute atomic E-state index is 9.04. The fraction of sp³-hybridized carbons (Fsp3) is 0.333. The maximum Gasteiger partial charge on any atom is 0.0685 e. The third kappa shape index (κ3) is 2.51. The van der Waals surface area contributed by atoms with Crippen molar-refractivity contribution in [2.45, 2.75) is 12.6 Å². The van der Waals surface area contributed by atoms with E-state index in [0.717, 1.165) is 15.6 Å². The van der Waals surface area contributed by atoms with E-state index in [1.54, 1.807) is 0 Å². The molecule has 13 heavy (non-hydrogen) atoms. The highest BCUT2D eigenvalue weighted by molar-refractivity contribution is 9.10. The van der Waals surface area contributed by atoms with Crippen LogP contribution in [0.1, 0.15) is 17.2 Å². The minimum absolute atomic E-state index is 0.00366. The smallest absolute Gasteiger partial charge is 0.0685 e. The van der Waals surface area contributed by atoms with Crippen molar-refractivity contribution in [2.24, 2.45) is 11.5 Å². The predicted octanol–water partition coefficient (Wildman–Crippen LogP) is 0.900. The molecule has 0 aliphatic carbocycles. The van der Waals surface area contributed by atoms with Gasteiger partial charge in [0, 0.05) is 17.1 Å². The predicted molar refractivity (Wildman–Crippen MR) is 56.0 cm³/mol. The maximum atomic E-state index is 9.04. The summed E-state index contributed by atoms with van der Waals surface area (Å²) < 4.78 is 0.948. The highest BCUT2D eigenvalue weighted by Gasteiger charge is 2.08. The van der Waals surface area contributed by atoms with Gasteiger partial charge in [-0.2, -0.15) is 0 Å². The zero-order valence-corrected chi connectivity index (χ0v) is 8.79. The van der Waals surface area contributed by atoms with Crippen LogP contribution < -0.4 is 11.5 Å². The second-order valence-electron chi connectivity index (χ2n) is 2.84. The monoisotopic (exact) mass is 244 g/mol. The molecule has 3 nitrogen and oxygen atoms in total. The van der Waals surface area contributed by atoms with E-state index in [9.17, 15) is 0 Å². The number of hydrogen-bond acceptors (Lipinski definition) is 3. The van der Waals surface area contributed by atoms with Crippen LogP contribution in [-0.2, 0) is 6.61 Å². The SMILES string of the molecule is NC[C@H](N)c1cc(Br)ccc1CO. The molecule has 0 bridgehead atoms. The van der Waals surface area contributed by atoms with Gasteiger partial charge in [0.05, 0.1) is 6.61 Å². The Bertz CT molecular complexity index is 291.